The molecule has 0 bridgehead atoms. The molecular weight excluding hydrogens is 449 g/mol. The summed E-state index contributed by atoms with van der Waals surface area (Å²) in [4.78, 5) is 2.96. The lowest BCUT2D eigenvalue weighted by atomic mass is 9.95. The Morgan fingerprint density at radius 1 is 1.03 bits per heavy atom. The summed E-state index contributed by atoms with van der Waals surface area (Å²) in [5, 5.41) is 8.58. The molecule has 0 saturated carbocycles. The van der Waals surface area contributed by atoms with Crippen molar-refractivity contribution in [1.82, 2.24) is 5.53 Å². The van der Waals surface area contributed by atoms with Crippen molar-refractivity contribution in [2.24, 2.45) is 38.3 Å². The number of hydrazine groups is 1. The highest BCUT2D eigenvalue weighted by atomic mass is 32.2. The van der Waals surface area contributed by atoms with Crippen molar-refractivity contribution >= 4 is 21.7 Å². The van der Waals surface area contributed by atoms with Crippen LogP contribution in [-0.2, 0) is 16.2 Å². The van der Waals surface area contributed by atoms with Gasteiger partial charge < -0.3 is 17.2 Å². The van der Waals surface area contributed by atoms with Crippen LogP contribution in [-0.4, -0.2) is 33.2 Å². The first-order valence-corrected chi connectivity index (χ1v) is 10.6. The van der Waals surface area contributed by atoms with E-state index >= 15 is 0 Å². The number of alkyl halides is 3. The molecule has 0 aliphatic heterocycles. The van der Waals surface area contributed by atoms with Gasteiger partial charge in [0.05, 0.1) is 5.56 Å². The maximum Gasteiger partial charge on any atom is 0.417 e. The van der Waals surface area contributed by atoms with E-state index in [-0.39, 0.29) is 11.4 Å². The molecule has 2 aromatic rings. The smallest absolute Gasteiger partial charge is 0.384 e. The maximum atomic E-state index is 13.5. The van der Waals surface area contributed by atoms with Crippen LogP contribution in [0.25, 0.3) is 11.1 Å². The second-order valence-electron chi connectivity index (χ2n) is 6.52. The van der Waals surface area contributed by atoms with E-state index in [1.807, 2.05) is 5.53 Å². The molecule has 32 heavy (non-hydrogen) atoms. The first-order valence-electron chi connectivity index (χ1n) is 9.08. The lowest BCUT2D eigenvalue weighted by Gasteiger charge is -2.19. The van der Waals surface area contributed by atoms with E-state index in [0.717, 1.165) is 6.07 Å². The number of aliphatic imine (C=N–C) groups is 1. The van der Waals surface area contributed by atoms with Gasteiger partial charge in [-0.1, -0.05) is 30.3 Å². The predicted octanol–water partition coefficient (Wildman–Crippen LogP) is 0.158. The van der Waals surface area contributed by atoms with Crippen LogP contribution in [0.1, 0.15) is 23.1 Å². The summed E-state index contributed by atoms with van der Waals surface area (Å²) in [5.74, 6) is 4.73. The SMILES string of the molecule is NCCCN=C(N)c1ccc(-c2ccc(C(F)(F)F)c(S(N)(=O)=O)c2/C(N)=N/NN)cc1. The van der Waals surface area contributed by atoms with Crippen molar-refractivity contribution in [1.29, 1.82) is 0 Å². The van der Waals surface area contributed by atoms with Gasteiger partial charge >= 0.3 is 6.18 Å². The van der Waals surface area contributed by atoms with Crippen molar-refractivity contribution < 1.29 is 21.6 Å². The van der Waals surface area contributed by atoms with Crippen molar-refractivity contribution in [3.63, 3.8) is 0 Å². The second-order valence-corrected chi connectivity index (χ2v) is 8.02. The molecule has 0 fully saturated rings. The number of nitrogens with two attached hydrogens (primary N) is 5. The van der Waals surface area contributed by atoms with E-state index < -0.39 is 38.1 Å². The van der Waals surface area contributed by atoms with E-state index in [9.17, 15) is 21.6 Å². The molecule has 0 saturated heterocycles. The Kier molecular flexibility index (Phi) is 7.79. The summed E-state index contributed by atoms with van der Waals surface area (Å²) < 4.78 is 64.9. The van der Waals surface area contributed by atoms with Gasteiger partial charge in [-0.3, -0.25) is 4.99 Å². The highest BCUT2D eigenvalue weighted by Crippen LogP contribution is 2.39. The number of hydrogen-bond acceptors (Lipinski definition) is 7. The molecule has 0 aromatic heterocycles. The van der Waals surface area contributed by atoms with Gasteiger partial charge in [-0.15, -0.1) is 5.10 Å². The van der Waals surface area contributed by atoms with Gasteiger partial charge in [0.25, 0.3) is 0 Å². The van der Waals surface area contributed by atoms with E-state index in [1.54, 1.807) is 12.1 Å². The van der Waals surface area contributed by atoms with Crippen LogP contribution < -0.4 is 33.7 Å². The zero-order valence-electron chi connectivity index (χ0n) is 16.7. The van der Waals surface area contributed by atoms with Gasteiger partial charge in [-0.2, -0.15) is 13.2 Å². The minimum Gasteiger partial charge on any atom is -0.384 e. The standard InChI is InChI=1S/C18H23F3N8O2S/c19-18(20,21)13-7-6-12(14(17(24)28-29-25)15(13)32(26,30)31)10-2-4-11(5-3-10)16(23)27-9-1-8-22/h2-7,29H,1,8-9,22,25H2,(H2,23,27)(H2,24,28)(H2,26,30,31). The van der Waals surface area contributed by atoms with Crippen LogP contribution in [0, 0.1) is 0 Å². The molecule has 0 atom stereocenters. The Balaban J connectivity index is 2.74. The summed E-state index contributed by atoms with van der Waals surface area (Å²) in [6.07, 6.45) is -4.37. The number of nitrogens with one attached hydrogen (secondary N) is 1. The van der Waals surface area contributed by atoms with Crippen LogP contribution in [0.4, 0.5) is 13.2 Å². The Bertz CT molecular complexity index is 1130. The van der Waals surface area contributed by atoms with Gasteiger partial charge in [0, 0.05) is 17.7 Å². The lowest BCUT2D eigenvalue weighted by molar-refractivity contribution is -0.139. The van der Waals surface area contributed by atoms with Crippen molar-refractivity contribution in [2.75, 3.05) is 13.1 Å². The summed E-state index contributed by atoms with van der Waals surface area (Å²) >= 11 is 0. The Morgan fingerprint density at radius 2 is 1.66 bits per heavy atom. The van der Waals surface area contributed by atoms with E-state index in [2.05, 4.69) is 10.1 Å². The average molecular weight is 472 g/mol. The number of benzene rings is 2. The molecule has 14 heteroatoms. The zero-order chi connectivity index (χ0) is 24.1. The quantitative estimate of drug-likeness (QED) is 0.103. The maximum absolute atomic E-state index is 13.5. The van der Waals surface area contributed by atoms with Gasteiger partial charge in [0.1, 0.15) is 10.7 Å². The fourth-order valence-corrected chi connectivity index (χ4v) is 3.91. The number of sulfonamides is 1. The number of nitrogens with zero attached hydrogens (tertiary/aromatic N) is 2. The molecule has 2 aromatic carbocycles. The molecule has 0 aliphatic carbocycles. The molecule has 0 unspecified atom stereocenters. The van der Waals surface area contributed by atoms with Crippen molar-refractivity contribution in [3.8, 4) is 11.1 Å². The summed E-state index contributed by atoms with van der Waals surface area (Å²) in [6.45, 7) is 0.892. The van der Waals surface area contributed by atoms with Crippen LogP contribution in [0.15, 0.2) is 51.4 Å². The van der Waals surface area contributed by atoms with Gasteiger partial charge in [0.2, 0.25) is 10.0 Å². The fraction of sp³-hybridized carbons (Fsp3) is 0.222. The first-order chi connectivity index (χ1) is 14.9. The molecule has 0 heterocycles. The van der Waals surface area contributed by atoms with Crippen LogP contribution >= 0.6 is 0 Å². The molecule has 0 radical (unpaired) electrons. The monoisotopic (exact) mass is 472 g/mol. The number of primary sulfonamides is 1. The summed E-state index contributed by atoms with van der Waals surface area (Å²) in [5.41, 5.74) is 17.8. The molecule has 174 valence electrons. The molecule has 0 spiro atoms. The normalized spacial score (nSPS) is 13.3. The summed E-state index contributed by atoms with van der Waals surface area (Å²) in [6, 6.07) is 7.86. The topological polar surface area (TPSA) is 201 Å². The molecular formula is C18H23F3N8O2S. The molecule has 10 nitrogen and oxygen atoms in total. The van der Waals surface area contributed by atoms with Gasteiger partial charge in [-0.05, 0) is 30.2 Å². The molecule has 0 amide bonds. The third kappa shape index (κ3) is 5.73. The van der Waals surface area contributed by atoms with Crippen LogP contribution in [0.5, 0.6) is 0 Å². The highest BCUT2D eigenvalue weighted by molar-refractivity contribution is 7.89. The van der Waals surface area contributed by atoms with Gasteiger partial charge in [0.15, 0.2) is 5.84 Å². The predicted molar refractivity (Wildman–Crippen MR) is 116 cm³/mol. The van der Waals surface area contributed by atoms with Crippen LogP contribution in [0.3, 0.4) is 0 Å². The third-order valence-electron chi connectivity index (χ3n) is 4.32. The van der Waals surface area contributed by atoms with Crippen molar-refractivity contribution in [2.45, 2.75) is 17.5 Å². The summed E-state index contributed by atoms with van der Waals surface area (Å²) in [7, 11) is -4.87. The molecule has 0 aliphatic rings. The molecule has 11 N–H and O–H groups in total. The number of hydrogen-bond donors (Lipinski definition) is 6. The minimum absolute atomic E-state index is 0.0312. The van der Waals surface area contributed by atoms with Crippen LogP contribution in [0.2, 0.25) is 0 Å². The highest BCUT2D eigenvalue weighted by Gasteiger charge is 2.39. The average Bonchev–Trinajstić information content (AvgIpc) is 2.71. The third-order valence-corrected chi connectivity index (χ3v) is 5.32. The van der Waals surface area contributed by atoms with E-state index in [4.69, 9.17) is 28.2 Å². The van der Waals surface area contributed by atoms with Gasteiger partial charge in [-0.25, -0.2) is 24.9 Å². The number of amidine groups is 2. The number of rotatable bonds is 8. The largest absolute Gasteiger partial charge is 0.417 e. The van der Waals surface area contributed by atoms with Crippen molar-refractivity contribution in [3.05, 3.63) is 53.1 Å². The van der Waals surface area contributed by atoms with E-state index in [0.29, 0.717) is 36.7 Å². The minimum atomic E-state index is -5.02. The lowest BCUT2D eigenvalue weighted by Crippen LogP contribution is -2.29. The first kappa shape index (κ1) is 25.1. The Labute approximate surface area is 182 Å². The Morgan fingerprint density at radius 3 is 2.16 bits per heavy atom. The Hall–Kier alpha value is -3.20. The van der Waals surface area contributed by atoms with E-state index in [1.165, 1.54) is 12.1 Å². The second kappa shape index (κ2) is 9.95. The molecule has 2 rings (SSSR count). The fourth-order valence-electron chi connectivity index (χ4n) is 2.92. The number of hydrazone groups is 1. The zero-order valence-corrected chi connectivity index (χ0v) is 17.5. The number of halogens is 3.